The summed E-state index contributed by atoms with van der Waals surface area (Å²) in [4.78, 5) is 14.6. The predicted octanol–water partition coefficient (Wildman–Crippen LogP) is 1.58. The van der Waals surface area contributed by atoms with E-state index in [0.29, 0.717) is 31.2 Å². The van der Waals surface area contributed by atoms with Gasteiger partial charge < -0.3 is 9.47 Å². The maximum atomic E-state index is 12.8. The lowest BCUT2D eigenvalue weighted by Gasteiger charge is -2.28. The van der Waals surface area contributed by atoms with E-state index < -0.39 is 0 Å². The number of nitrogens with zero attached hydrogens (tertiary/aromatic N) is 6. The van der Waals surface area contributed by atoms with Crippen LogP contribution in [0.25, 0.3) is 0 Å². The third kappa shape index (κ3) is 2.40. The minimum absolute atomic E-state index is 0.0165. The molecule has 7 nitrogen and oxygen atoms in total. The maximum absolute atomic E-state index is 12.8. The lowest BCUT2D eigenvalue weighted by molar-refractivity contribution is 0.0693. The van der Waals surface area contributed by atoms with Gasteiger partial charge in [0, 0.05) is 25.6 Å². The first-order chi connectivity index (χ1) is 10.5. The number of carbonyl (C=O) groups excluding carboxylic acids is 1. The lowest BCUT2D eigenvalue weighted by atomic mass is 10.2. The standard InChI is InChI=1S/C15H22N6O/c1-5-21-12(8-11(4)18-21)15(22)19-6-7-20-13(9-19)16-17-14(20)10(2)3/h8,10H,5-7,9H2,1-4H3. The van der Waals surface area contributed by atoms with E-state index in [-0.39, 0.29) is 5.91 Å². The van der Waals surface area contributed by atoms with Crippen molar-refractivity contribution in [3.05, 3.63) is 29.1 Å². The van der Waals surface area contributed by atoms with Crippen molar-refractivity contribution in [2.24, 2.45) is 0 Å². The number of rotatable bonds is 3. The molecule has 0 bridgehead atoms. The van der Waals surface area contributed by atoms with Crippen LogP contribution in [-0.2, 0) is 19.6 Å². The van der Waals surface area contributed by atoms with Crippen LogP contribution >= 0.6 is 0 Å². The Bertz CT molecular complexity index is 699. The molecule has 0 aliphatic carbocycles. The molecule has 0 saturated carbocycles. The molecule has 0 saturated heterocycles. The maximum Gasteiger partial charge on any atom is 0.272 e. The van der Waals surface area contributed by atoms with Crippen LogP contribution in [-0.4, -0.2) is 41.9 Å². The molecule has 2 aromatic rings. The van der Waals surface area contributed by atoms with Crippen LogP contribution in [0.15, 0.2) is 6.07 Å². The molecule has 1 aliphatic rings. The quantitative estimate of drug-likeness (QED) is 0.863. The average Bonchev–Trinajstić information content (AvgIpc) is 3.08. The average molecular weight is 302 g/mol. The van der Waals surface area contributed by atoms with Gasteiger partial charge in [0.2, 0.25) is 0 Å². The highest BCUT2D eigenvalue weighted by atomic mass is 16.2. The van der Waals surface area contributed by atoms with Crippen LogP contribution in [0.5, 0.6) is 0 Å². The van der Waals surface area contributed by atoms with Crippen LogP contribution < -0.4 is 0 Å². The number of carbonyl (C=O) groups is 1. The van der Waals surface area contributed by atoms with Crippen molar-refractivity contribution < 1.29 is 4.79 Å². The Morgan fingerprint density at radius 3 is 2.77 bits per heavy atom. The smallest absolute Gasteiger partial charge is 0.272 e. The molecule has 1 amide bonds. The Kier molecular flexibility index (Phi) is 3.72. The summed E-state index contributed by atoms with van der Waals surface area (Å²) in [5, 5.41) is 12.9. The van der Waals surface area contributed by atoms with Gasteiger partial charge in [-0.25, -0.2) is 0 Å². The van der Waals surface area contributed by atoms with Crippen molar-refractivity contribution in [2.75, 3.05) is 6.54 Å². The lowest BCUT2D eigenvalue weighted by Crippen LogP contribution is -2.39. The van der Waals surface area contributed by atoms with Crippen LogP contribution in [0.3, 0.4) is 0 Å². The molecule has 0 aromatic carbocycles. The van der Waals surface area contributed by atoms with E-state index in [1.54, 1.807) is 4.68 Å². The van der Waals surface area contributed by atoms with Crippen LogP contribution in [0.1, 0.15) is 54.5 Å². The van der Waals surface area contributed by atoms with Gasteiger partial charge in [0.25, 0.3) is 5.91 Å². The van der Waals surface area contributed by atoms with Gasteiger partial charge in [-0.3, -0.25) is 9.48 Å². The van der Waals surface area contributed by atoms with Gasteiger partial charge in [-0.2, -0.15) is 5.10 Å². The van der Waals surface area contributed by atoms with Gasteiger partial charge in [-0.1, -0.05) is 13.8 Å². The number of hydrogen-bond acceptors (Lipinski definition) is 4. The summed E-state index contributed by atoms with van der Waals surface area (Å²) in [5.41, 5.74) is 1.52. The highest BCUT2D eigenvalue weighted by Gasteiger charge is 2.27. The Morgan fingerprint density at radius 1 is 1.32 bits per heavy atom. The molecule has 2 aromatic heterocycles. The molecule has 0 spiro atoms. The minimum Gasteiger partial charge on any atom is -0.328 e. The zero-order valence-electron chi connectivity index (χ0n) is 13.6. The number of amides is 1. The molecule has 3 heterocycles. The van der Waals surface area contributed by atoms with Crippen LogP contribution in [0.2, 0.25) is 0 Å². The Labute approximate surface area is 129 Å². The fourth-order valence-electron chi connectivity index (χ4n) is 2.90. The largest absolute Gasteiger partial charge is 0.328 e. The first-order valence-corrected chi connectivity index (χ1v) is 7.77. The highest BCUT2D eigenvalue weighted by Crippen LogP contribution is 2.20. The zero-order chi connectivity index (χ0) is 15.9. The first-order valence-electron chi connectivity index (χ1n) is 7.77. The van der Waals surface area contributed by atoms with Crippen LogP contribution in [0.4, 0.5) is 0 Å². The molecule has 22 heavy (non-hydrogen) atoms. The van der Waals surface area contributed by atoms with Gasteiger partial charge in [0.1, 0.15) is 11.5 Å². The van der Waals surface area contributed by atoms with E-state index >= 15 is 0 Å². The summed E-state index contributed by atoms with van der Waals surface area (Å²) in [6, 6.07) is 1.85. The van der Waals surface area contributed by atoms with Gasteiger partial charge >= 0.3 is 0 Å². The minimum atomic E-state index is 0.0165. The van der Waals surface area contributed by atoms with E-state index in [0.717, 1.165) is 23.9 Å². The van der Waals surface area contributed by atoms with Crippen molar-refractivity contribution in [3.8, 4) is 0 Å². The topological polar surface area (TPSA) is 68.8 Å². The fraction of sp³-hybridized carbons (Fsp3) is 0.600. The number of aryl methyl sites for hydroxylation is 2. The summed E-state index contributed by atoms with van der Waals surface area (Å²) in [6.07, 6.45) is 0. The van der Waals surface area contributed by atoms with Gasteiger partial charge in [0.15, 0.2) is 5.82 Å². The van der Waals surface area contributed by atoms with Gasteiger partial charge in [-0.15, -0.1) is 10.2 Å². The van der Waals surface area contributed by atoms with E-state index in [1.165, 1.54) is 0 Å². The zero-order valence-corrected chi connectivity index (χ0v) is 13.6. The molecule has 0 radical (unpaired) electrons. The summed E-state index contributed by atoms with van der Waals surface area (Å²) >= 11 is 0. The Balaban J connectivity index is 1.84. The van der Waals surface area contributed by atoms with E-state index in [2.05, 4.69) is 33.7 Å². The third-order valence-corrected chi connectivity index (χ3v) is 4.01. The van der Waals surface area contributed by atoms with E-state index in [4.69, 9.17) is 0 Å². The van der Waals surface area contributed by atoms with Gasteiger partial charge in [0.05, 0.1) is 12.2 Å². The number of fused-ring (bicyclic) bond motifs is 1. The normalized spacial score (nSPS) is 14.5. The SMILES string of the molecule is CCn1nc(C)cc1C(=O)N1CCn2c(nnc2C(C)C)C1. The molecule has 0 N–H and O–H groups in total. The highest BCUT2D eigenvalue weighted by molar-refractivity contribution is 5.92. The van der Waals surface area contributed by atoms with E-state index in [9.17, 15) is 4.79 Å². The second-order valence-corrected chi connectivity index (χ2v) is 5.99. The first kappa shape index (κ1) is 14.7. The molecular formula is C15H22N6O. The summed E-state index contributed by atoms with van der Waals surface area (Å²) in [5.74, 6) is 2.22. The number of aromatic nitrogens is 5. The Morgan fingerprint density at radius 2 is 2.09 bits per heavy atom. The molecular weight excluding hydrogens is 280 g/mol. The third-order valence-electron chi connectivity index (χ3n) is 4.01. The number of hydrogen-bond donors (Lipinski definition) is 0. The van der Waals surface area contributed by atoms with Crippen molar-refractivity contribution in [3.63, 3.8) is 0 Å². The molecule has 1 aliphatic heterocycles. The summed E-state index contributed by atoms with van der Waals surface area (Å²) in [7, 11) is 0. The van der Waals surface area contributed by atoms with Crippen molar-refractivity contribution in [1.82, 2.24) is 29.4 Å². The molecule has 3 rings (SSSR count). The monoisotopic (exact) mass is 302 g/mol. The molecule has 0 fully saturated rings. The van der Waals surface area contributed by atoms with Gasteiger partial charge in [-0.05, 0) is 19.9 Å². The summed E-state index contributed by atoms with van der Waals surface area (Å²) < 4.78 is 3.90. The van der Waals surface area contributed by atoms with Crippen molar-refractivity contribution >= 4 is 5.91 Å². The molecule has 0 atom stereocenters. The second kappa shape index (κ2) is 5.55. The van der Waals surface area contributed by atoms with Crippen LogP contribution in [0, 0.1) is 6.92 Å². The molecule has 118 valence electrons. The molecule has 7 heteroatoms. The van der Waals surface area contributed by atoms with E-state index in [1.807, 2.05) is 24.8 Å². The summed E-state index contributed by atoms with van der Waals surface area (Å²) in [6.45, 7) is 10.7. The Hall–Kier alpha value is -2.18. The molecule has 0 unspecified atom stereocenters. The van der Waals surface area contributed by atoms with Crippen molar-refractivity contribution in [1.29, 1.82) is 0 Å². The second-order valence-electron chi connectivity index (χ2n) is 5.99. The fourth-order valence-corrected chi connectivity index (χ4v) is 2.90. The predicted molar refractivity (Wildman–Crippen MR) is 81.5 cm³/mol. The van der Waals surface area contributed by atoms with Crippen molar-refractivity contribution in [2.45, 2.75) is 53.2 Å².